The second kappa shape index (κ2) is 11.5. The van der Waals surface area contributed by atoms with Crippen molar-refractivity contribution in [1.29, 1.82) is 10.5 Å². The molecule has 2 unspecified atom stereocenters. The Balaban J connectivity index is 1.39. The summed E-state index contributed by atoms with van der Waals surface area (Å²) in [5.74, 6) is 1.32. The number of amides is 2. The van der Waals surface area contributed by atoms with Crippen molar-refractivity contribution in [2.24, 2.45) is 15.9 Å². The van der Waals surface area contributed by atoms with E-state index in [1.54, 1.807) is 36.4 Å². The molecule has 3 aliphatic heterocycles. The van der Waals surface area contributed by atoms with Gasteiger partial charge in [0.05, 0.1) is 35.2 Å². The lowest BCUT2D eigenvalue weighted by molar-refractivity contribution is 0.0770. The zero-order valence-corrected chi connectivity index (χ0v) is 22.1. The van der Waals surface area contributed by atoms with Crippen LogP contribution in [0.5, 0.6) is 5.75 Å². The van der Waals surface area contributed by atoms with E-state index in [4.69, 9.17) is 24.7 Å². The number of nitriles is 2. The van der Waals surface area contributed by atoms with E-state index in [2.05, 4.69) is 22.8 Å². The highest BCUT2D eigenvalue weighted by atomic mass is 16.5. The highest BCUT2D eigenvalue weighted by Crippen LogP contribution is 2.31. The van der Waals surface area contributed by atoms with Gasteiger partial charge in [-0.3, -0.25) is 0 Å². The Morgan fingerprint density at radius 2 is 1.74 bits per heavy atom. The molecule has 0 bridgehead atoms. The van der Waals surface area contributed by atoms with Crippen LogP contribution in [0.3, 0.4) is 0 Å². The average molecular weight is 526 g/mol. The predicted molar refractivity (Wildman–Crippen MR) is 147 cm³/mol. The number of nitrogens with one attached hydrogen (secondary N) is 2. The SMILES string of the molecule is Cc1cc(C#N)cc(C)c1OC1=NC(Nc2ccc(C#N)cc2)=NC2CCN(C(=O)NC3CCOCC3)CC12. The average Bonchev–Trinajstić information content (AvgIpc) is 2.95. The normalized spacial score (nSPS) is 21.0. The molecule has 200 valence electrons. The minimum absolute atomic E-state index is 0.0871. The van der Waals surface area contributed by atoms with Gasteiger partial charge >= 0.3 is 6.03 Å². The van der Waals surface area contributed by atoms with Gasteiger partial charge < -0.3 is 25.0 Å². The molecule has 3 aliphatic rings. The maximum Gasteiger partial charge on any atom is 0.317 e. The van der Waals surface area contributed by atoms with E-state index in [-0.39, 0.29) is 24.0 Å². The number of guanidine groups is 1. The molecule has 5 rings (SSSR count). The fraction of sp³-hybridized carbons (Fsp3) is 0.414. The van der Waals surface area contributed by atoms with Crippen molar-refractivity contribution >= 4 is 23.6 Å². The van der Waals surface area contributed by atoms with Crippen LogP contribution in [-0.2, 0) is 4.74 Å². The number of fused-ring (bicyclic) bond motifs is 1. The number of aliphatic imine (C=N–C) groups is 2. The minimum atomic E-state index is -0.222. The summed E-state index contributed by atoms with van der Waals surface area (Å²) in [6.45, 7) is 6.14. The number of anilines is 1. The van der Waals surface area contributed by atoms with E-state index in [9.17, 15) is 10.1 Å². The van der Waals surface area contributed by atoms with Gasteiger partial charge in [0.15, 0.2) is 0 Å². The number of ether oxygens (including phenoxy) is 2. The lowest BCUT2D eigenvalue weighted by atomic mass is 9.91. The Morgan fingerprint density at radius 1 is 1.05 bits per heavy atom. The monoisotopic (exact) mass is 525 g/mol. The molecule has 0 spiro atoms. The largest absolute Gasteiger partial charge is 0.442 e. The lowest BCUT2D eigenvalue weighted by Gasteiger charge is -2.39. The number of aryl methyl sites for hydroxylation is 2. The summed E-state index contributed by atoms with van der Waals surface area (Å²) in [5, 5.41) is 24.8. The van der Waals surface area contributed by atoms with Crippen LogP contribution in [0.15, 0.2) is 46.4 Å². The number of hydrogen-bond acceptors (Lipinski definition) is 8. The summed E-state index contributed by atoms with van der Waals surface area (Å²) in [6.07, 6.45) is 2.29. The number of rotatable bonds is 3. The first-order chi connectivity index (χ1) is 18.9. The molecule has 2 atom stereocenters. The second-order valence-corrected chi connectivity index (χ2v) is 10.1. The summed E-state index contributed by atoms with van der Waals surface area (Å²) in [7, 11) is 0. The van der Waals surface area contributed by atoms with Crippen molar-refractivity contribution in [2.75, 3.05) is 31.6 Å². The van der Waals surface area contributed by atoms with E-state index in [1.807, 2.05) is 18.7 Å². The quantitative estimate of drug-likeness (QED) is 0.624. The Kier molecular flexibility index (Phi) is 7.76. The number of urea groups is 1. The maximum absolute atomic E-state index is 13.1. The molecule has 39 heavy (non-hydrogen) atoms. The minimum Gasteiger partial charge on any atom is -0.442 e. The first-order valence-electron chi connectivity index (χ1n) is 13.2. The zero-order valence-electron chi connectivity index (χ0n) is 22.1. The number of hydrogen-bond donors (Lipinski definition) is 2. The Hall–Kier alpha value is -4.41. The summed E-state index contributed by atoms with van der Waals surface area (Å²) < 4.78 is 11.9. The highest BCUT2D eigenvalue weighted by Gasteiger charge is 2.39. The van der Waals surface area contributed by atoms with E-state index < -0.39 is 0 Å². The van der Waals surface area contributed by atoms with Crippen molar-refractivity contribution in [1.82, 2.24) is 10.2 Å². The lowest BCUT2D eigenvalue weighted by Crippen LogP contribution is -2.55. The van der Waals surface area contributed by atoms with Gasteiger partial charge in [0.2, 0.25) is 11.9 Å². The molecule has 0 radical (unpaired) electrons. The van der Waals surface area contributed by atoms with Gasteiger partial charge in [0, 0.05) is 38.0 Å². The van der Waals surface area contributed by atoms with Crippen LogP contribution in [-0.4, -0.2) is 61.2 Å². The number of benzene rings is 2. The van der Waals surface area contributed by atoms with Crippen molar-refractivity contribution in [3.05, 3.63) is 58.7 Å². The van der Waals surface area contributed by atoms with Gasteiger partial charge in [-0.2, -0.15) is 15.5 Å². The summed E-state index contributed by atoms with van der Waals surface area (Å²) in [4.78, 5) is 24.6. The third-order valence-electron chi connectivity index (χ3n) is 7.30. The van der Waals surface area contributed by atoms with Gasteiger partial charge in [-0.05, 0) is 80.6 Å². The van der Waals surface area contributed by atoms with E-state index in [0.717, 1.165) is 29.7 Å². The molecule has 2 aromatic carbocycles. The fourth-order valence-corrected chi connectivity index (χ4v) is 5.20. The summed E-state index contributed by atoms with van der Waals surface area (Å²) in [6, 6.07) is 14.9. The van der Waals surface area contributed by atoms with Crippen molar-refractivity contribution in [2.45, 2.75) is 45.2 Å². The number of piperidine rings is 1. The zero-order chi connectivity index (χ0) is 27.4. The van der Waals surface area contributed by atoms with Gasteiger partial charge in [0.25, 0.3) is 0 Å². The Morgan fingerprint density at radius 3 is 2.41 bits per heavy atom. The number of carbonyl (C=O) groups excluding carboxylic acids is 1. The third-order valence-corrected chi connectivity index (χ3v) is 7.30. The molecular formula is C29H31N7O3. The predicted octanol–water partition coefficient (Wildman–Crippen LogP) is 3.88. The van der Waals surface area contributed by atoms with Gasteiger partial charge in [0.1, 0.15) is 5.75 Å². The molecule has 10 heteroatoms. The van der Waals surface area contributed by atoms with Gasteiger partial charge in [-0.25, -0.2) is 9.79 Å². The standard InChI is InChI=1S/C29H31N7O3/c1-18-13-21(16-31)14-19(2)26(18)39-27-24-17-36(29(37)33-23-8-11-38-12-9-23)10-7-25(24)34-28(35-27)32-22-5-3-20(15-30)4-6-22/h3-6,13-14,23-25H,7-12,17H2,1-2H3,(H,32,34)(H,33,37). The molecule has 0 saturated carbocycles. The number of nitrogens with zero attached hydrogens (tertiary/aromatic N) is 5. The van der Waals surface area contributed by atoms with Crippen LogP contribution in [0.2, 0.25) is 0 Å². The Labute approximate surface area is 227 Å². The first kappa shape index (κ1) is 26.2. The molecule has 2 aromatic rings. The van der Waals surface area contributed by atoms with E-state index >= 15 is 0 Å². The first-order valence-corrected chi connectivity index (χ1v) is 13.2. The molecular weight excluding hydrogens is 494 g/mol. The van der Waals surface area contributed by atoms with Crippen molar-refractivity contribution in [3.63, 3.8) is 0 Å². The van der Waals surface area contributed by atoms with Crippen molar-refractivity contribution in [3.8, 4) is 17.9 Å². The topological polar surface area (TPSA) is 135 Å². The van der Waals surface area contributed by atoms with E-state index in [1.165, 1.54) is 0 Å². The molecule has 2 fully saturated rings. The summed E-state index contributed by atoms with van der Waals surface area (Å²) >= 11 is 0. The summed E-state index contributed by atoms with van der Waals surface area (Å²) in [5.41, 5.74) is 3.56. The van der Waals surface area contributed by atoms with Crippen LogP contribution in [0.1, 0.15) is 41.5 Å². The van der Waals surface area contributed by atoms with Gasteiger partial charge in [-0.1, -0.05) is 0 Å². The fourth-order valence-electron chi connectivity index (χ4n) is 5.20. The Bertz CT molecular complexity index is 1360. The third kappa shape index (κ3) is 6.02. The second-order valence-electron chi connectivity index (χ2n) is 10.1. The number of likely N-dealkylation sites (tertiary alicyclic amines) is 1. The van der Waals surface area contributed by atoms with Crippen LogP contribution in [0.4, 0.5) is 10.5 Å². The molecule has 3 heterocycles. The van der Waals surface area contributed by atoms with Gasteiger partial charge in [-0.15, -0.1) is 0 Å². The van der Waals surface area contributed by atoms with Crippen LogP contribution in [0, 0.1) is 42.4 Å². The number of carbonyl (C=O) groups is 1. The molecule has 2 N–H and O–H groups in total. The van der Waals surface area contributed by atoms with Crippen LogP contribution >= 0.6 is 0 Å². The molecule has 0 aliphatic carbocycles. The molecule has 2 amide bonds. The van der Waals surface area contributed by atoms with Crippen molar-refractivity contribution < 1.29 is 14.3 Å². The smallest absolute Gasteiger partial charge is 0.317 e. The van der Waals surface area contributed by atoms with Crippen LogP contribution < -0.4 is 15.4 Å². The molecule has 0 aromatic heterocycles. The van der Waals surface area contributed by atoms with Crippen LogP contribution in [0.25, 0.3) is 0 Å². The molecule has 2 saturated heterocycles. The van der Waals surface area contributed by atoms with E-state index in [0.29, 0.717) is 61.5 Å². The highest BCUT2D eigenvalue weighted by molar-refractivity contribution is 6.04. The maximum atomic E-state index is 13.1. The molecule has 10 nitrogen and oxygen atoms in total.